The predicted octanol–water partition coefficient (Wildman–Crippen LogP) is 2.39. The Morgan fingerprint density at radius 1 is 1.32 bits per heavy atom. The fourth-order valence-electron chi connectivity index (χ4n) is 2.19. The Kier molecular flexibility index (Phi) is 4.16. The van der Waals surface area contributed by atoms with Gasteiger partial charge < -0.3 is 14.5 Å². The summed E-state index contributed by atoms with van der Waals surface area (Å²) >= 11 is 0. The molecule has 0 saturated carbocycles. The number of ether oxygens (including phenoxy) is 1. The van der Waals surface area contributed by atoms with E-state index in [0.717, 1.165) is 29.3 Å². The molecule has 2 aromatic heterocycles. The highest BCUT2D eigenvalue weighted by atomic mass is 16.5. The van der Waals surface area contributed by atoms with E-state index in [4.69, 9.17) is 9.15 Å². The van der Waals surface area contributed by atoms with Crippen molar-refractivity contribution in [3.05, 3.63) is 41.2 Å². The lowest BCUT2D eigenvalue weighted by Crippen LogP contribution is -2.24. The molecule has 0 aliphatic heterocycles. The molecule has 0 spiro atoms. The smallest absolute Gasteiger partial charge is 0.237 e. The third kappa shape index (κ3) is 2.76. The number of hydrogen-bond acceptors (Lipinski definition) is 5. The number of aryl methyl sites for hydroxylation is 2. The first-order valence-electron chi connectivity index (χ1n) is 6.32. The summed E-state index contributed by atoms with van der Waals surface area (Å²) in [5.41, 5.74) is 1.84. The van der Waals surface area contributed by atoms with Crippen molar-refractivity contribution in [2.45, 2.75) is 26.8 Å². The van der Waals surface area contributed by atoms with Gasteiger partial charge in [-0.3, -0.25) is 4.98 Å². The molecule has 0 amide bonds. The van der Waals surface area contributed by atoms with Gasteiger partial charge in [-0.05, 0) is 26.5 Å². The summed E-state index contributed by atoms with van der Waals surface area (Å²) in [4.78, 5) is 8.61. The van der Waals surface area contributed by atoms with Gasteiger partial charge in [0.15, 0.2) is 0 Å². The van der Waals surface area contributed by atoms with Crippen molar-refractivity contribution in [2.75, 3.05) is 13.7 Å². The highest BCUT2D eigenvalue weighted by Gasteiger charge is 2.23. The molecule has 19 heavy (non-hydrogen) atoms. The van der Waals surface area contributed by atoms with E-state index in [1.165, 1.54) is 0 Å². The zero-order valence-corrected chi connectivity index (χ0v) is 11.7. The zero-order chi connectivity index (χ0) is 13.8. The summed E-state index contributed by atoms with van der Waals surface area (Å²) < 4.78 is 10.9. The Balaban J connectivity index is 2.48. The first-order chi connectivity index (χ1) is 9.17. The van der Waals surface area contributed by atoms with Crippen molar-refractivity contribution in [3.8, 4) is 5.88 Å². The maximum atomic E-state index is 5.61. The Morgan fingerprint density at radius 2 is 2.05 bits per heavy atom. The molecule has 0 fully saturated rings. The van der Waals surface area contributed by atoms with Crippen LogP contribution in [0, 0.1) is 13.8 Å². The minimum Gasteiger partial charge on any atom is -0.480 e. The molecule has 1 atom stereocenters. The van der Waals surface area contributed by atoms with Crippen LogP contribution in [0.3, 0.4) is 0 Å². The number of hydrogen-bond donors (Lipinski definition) is 1. The van der Waals surface area contributed by atoms with Crippen LogP contribution in [0.4, 0.5) is 0 Å². The number of furan rings is 1. The topological polar surface area (TPSA) is 60.2 Å². The van der Waals surface area contributed by atoms with Gasteiger partial charge in [-0.25, -0.2) is 4.98 Å². The zero-order valence-electron chi connectivity index (χ0n) is 11.7. The lowest BCUT2D eigenvalue weighted by atomic mass is 10.0. The predicted molar refractivity (Wildman–Crippen MR) is 72.3 cm³/mol. The largest absolute Gasteiger partial charge is 0.480 e. The average molecular weight is 261 g/mol. The molecule has 2 rings (SSSR count). The molecule has 0 saturated heterocycles. The van der Waals surface area contributed by atoms with Crippen LogP contribution >= 0.6 is 0 Å². The van der Waals surface area contributed by atoms with Gasteiger partial charge in [-0.15, -0.1) is 0 Å². The SMILES string of the molecule is CCNC(c1cc(C)oc1C)c1nccnc1OC. The molecule has 102 valence electrons. The summed E-state index contributed by atoms with van der Waals surface area (Å²) in [6, 6.07) is 1.95. The normalized spacial score (nSPS) is 12.4. The van der Waals surface area contributed by atoms with Crippen molar-refractivity contribution in [1.82, 2.24) is 15.3 Å². The summed E-state index contributed by atoms with van der Waals surface area (Å²) in [6.45, 7) is 6.76. The number of rotatable bonds is 5. The molecule has 5 nitrogen and oxygen atoms in total. The van der Waals surface area contributed by atoms with Crippen molar-refractivity contribution >= 4 is 0 Å². The molecule has 0 aliphatic rings. The third-order valence-electron chi connectivity index (χ3n) is 2.96. The van der Waals surface area contributed by atoms with Crippen LogP contribution in [0.5, 0.6) is 5.88 Å². The van der Waals surface area contributed by atoms with Gasteiger partial charge in [0.05, 0.1) is 13.2 Å². The van der Waals surface area contributed by atoms with Gasteiger partial charge in [0.2, 0.25) is 5.88 Å². The van der Waals surface area contributed by atoms with E-state index in [1.807, 2.05) is 19.9 Å². The summed E-state index contributed by atoms with van der Waals surface area (Å²) in [5, 5.41) is 3.40. The van der Waals surface area contributed by atoms with Crippen LogP contribution in [-0.4, -0.2) is 23.6 Å². The van der Waals surface area contributed by atoms with Crippen LogP contribution in [-0.2, 0) is 0 Å². The van der Waals surface area contributed by atoms with Crippen molar-refractivity contribution < 1.29 is 9.15 Å². The monoisotopic (exact) mass is 261 g/mol. The second-order valence-corrected chi connectivity index (χ2v) is 4.31. The molecule has 2 aromatic rings. The Bertz CT molecular complexity index is 551. The Morgan fingerprint density at radius 3 is 2.63 bits per heavy atom. The molecule has 2 heterocycles. The summed E-state index contributed by atoms with van der Waals surface area (Å²) in [5.74, 6) is 2.31. The lowest BCUT2D eigenvalue weighted by molar-refractivity contribution is 0.382. The standard InChI is InChI=1S/C14H19N3O2/c1-5-15-12(11-8-9(2)19-10(11)3)13-14(18-4)17-7-6-16-13/h6-8,12,15H,5H2,1-4H3. The lowest BCUT2D eigenvalue weighted by Gasteiger charge is -2.18. The molecular formula is C14H19N3O2. The van der Waals surface area contributed by atoms with Crippen LogP contribution in [0.25, 0.3) is 0 Å². The fourth-order valence-corrected chi connectivity index (χ4v) is 2.19. The molecular weight excluding hydrogens is 242 g/mol. The van der Waals surface area contributed by atoms with Crippen molar-refractivity contribution in [3.63, 3.8) is 0 Å². The molecule has 5 heteroatoms. The molecule has 0 bridgehead atoms. The molecule has 0 aliphatic carbocycles. The summed E-state index contributed by atoms with van der Waals surface area (Å²) in [7, 11) is 1.60. The molecule has 1 N–H and O–H groups in total. The maximum absolute atomic E-state index is 5.61. The van der Waals surface area contributed by atoms with Gasteiger partial charge >= 0.3 is 0 Å². The van der Waals surface area contributed by atoms with E-state index >= 15 is 0 Å². The third-order valence-corrected chi connectivity index (χ3v) is 2.96. The minimum atomic E-state index is -0.0777. The Hall–Kier alpha value is -1.88. The fraction of sp³-hybridized carbons (Fsp3) is 0.429. The highest BCUT2D eigenvalue weighted by molar-refractivity contribution is 5.35. The van der Waals surface area contributed by atoms with Crippen LogP contribution in [0.15, 0.2) is 22.9 Å². The van der Waals surface area contributed by atoms with Gasteiger partial charge in [0.25, 0.3) is 0 Å². The first kappa shape index (κ1) is 13.5. The van der Waals surface area contributed by atoms with E-state index in [1.54, 1.807) is 19.5 Å². The number of aromatic nitrogens is 2. The van der Waals surface area contributed by atoms with E-state index < -0.39 is 0 Å². The van der Waals surface area contributed by atoms with Crippen LogP contribution in [0.2, 0.25) is 0 Å². The van der Waals surface area contributed by atoms with E-state index in [9.17, 15) is 0 Å². The average Bonchev–Trinajstić information content (AvgIpc) is 2.75. The van der Waals surface area contributed by atoms with Gasteiger partial charge in [0.1, 0.15) is 17.2 Å². The van der Waals surface area contributed by atoms with Crippen LogP contribution < -0.4 is 10.1 Å². The van der Waals surface area contributed by atoms with Gasteiger partial charge in [-0.1, -0.05) is 6.92 Å². The number of methoxy groups -OCH3 is 1. The highest BCUT2D eigenvalue weighted by Crippen LogP contribution is 2.30. The van der Waals surface area contributed by atoms with Gasteiger partial charge in [0, 0.05) is 18.0 Å². The molecule has 1 unspecified atom stereocenters. The van der Waals surface area contributed by atoms with E-state index in [2.05, 4.69) is 22.2 Å². The van der Waals surface area contributed by atoms with Crippen LogP contribution in [0.1, 0.15) is 35.7 Å². The quantitative estimate of drug-likeness (QED) is 0.895. The molecule has 0 aromatic carbocycles. The summed E-state index contributed by atoms with van der Waals surface area (Å²) in [6.07, 6.45) is 3.29. The van der Waals surface area contributed by atoms with E-state index in [-0.39, 0.29) is 6.04 Å². The van der Waals surface area contributed by atoms with Crippen molar-refractivity contribution in [1.29, 1.82) is 0 Å². The first-order valence-corrected chi connectivity index (χ1v) is 6.32. The number of nitrogens with one attached hydrogen (secondary N) is 1. The van der Waals surface area contributed by atoms with Gasteiger partial charge in [-0.2, -0.15) is 0 Å². The minimum absolute atomic E-state index is 0.0777. The number of nitrogens with zero attached hydrogens (tertiary/aromatic N) is 2. The maximum Gasteiger partial charge on any atom is 0.237 e. The van der Waals surface area contributed by atoms with E-state index in [0.29, 0.717) is 5.88 Å². The molecule has 0 radical (unpaired) electrons. The second kappa shape index (κ2) is 5.84. The van der Waals surface area contributed by atoms with Crippen molar-refractivity contribution in [2.24, 2.45) is 0 Å². The Labute approximate surface area is 113 Å². The second-order valence-electron chi connectivity index (χ2n) is 4.31.